The maximum atomic E-state index is 5.64. The Morgan fingerprint density at radius 3 is 2.54 bits per heavy atom. The molecule has 0 aromatic carbocycles. The molecule has 0 bridgehead atoms. The maximum Gasteiger partial charge on any atom is 0.0547 e. The minimum absolute atomic E-state index is 0.394. The summed E-state index contributed by atoms with van der Waals surface area (Å²) in [5.41, 5.74) is 5.42. The summed E-state index contributed by atoms with van der Waals surface area (Å²) in [5.74, 6) is 0. The van der Waals surface area contributed by atoms with Crippen LogP contribution in [0.15, 0.2) is 0 Å². The molecule has 0 aliphatic heterocycles. The molecule has 2 N–H and O–H groups in total. The number of nitrogens with two attached hydrogens (primary N) is 1. The van der Waals surface area contributed by atoms with Crippen molar-refractivity contribution in [1.82, 2.24) is 0 Å². The van der Waals surface area contributed by atoms with Gasteiger partial charge in [-0.3, -0.25) is 0 Å². The monoisotopic (exact) mass is 187 g/mol. The van der Waals surface area contributed by atoms with E-state index in [1.165, 1.54) is 25.7 Å². The molecule has 0 aliphatic carbocycles. The first-order chi connectivity index (χ1) is 6.31. The predicted molar refractivity (Wildman–Crippen MR) is 57.8 cm³/mol. The Kier molecular flexibility index (Phi) is 9.94. The van der Waals surface area contributed by atoms with E-state index in [4.69, 9.17) is 10.5 Å². The fourth-order valence-electron chi connectivity index (χ4n) is 1.30. The lowest BCUT2D eigenvalue weighted by molar-refractivity contribution is 0.0566. The lowest BCUT2D eigenvalue weighted by atomic mass is 10.2. The number of hydrogen-bond donors (Lipinski definition) is 1. The lowest BCUT2D eigenvalue weighted by Crippen LogP contribution is -2.11. The number of hydrogen-bond acceptors (Lipinski definition) is 2. The van der Waals surface area contributed by atoms with Crippen molar-refractivity contribution >= 4 is 0 Å². The van der Waals surface area contributed by atoms with Crippen LogP contribution < -0.4 is 5.73 Å². The molecule has 0 fully saturated rings. The normalized spacial score (nSPS) is 13.2. The summed E-state index contributed by atoms with van der Waals surface area (Å²) in [6, 6.07) is 0. The summed E-state index contributed by atoms with van der Waals surface area (Å²) in [4.78, 5) is 0. The van der Waals surface area contributed by atoms with Gasteiger partial charge in [-0.2, -0.15) is 0 Å². The first kappa shape index (κ1) is 12.9. The number of unbranched alkanes of at least 4 members (excludes halogenated alkanes) is 3. The molecule has 0 amide bonds. The molecule has 13 heavy (non-hydrogen) atoms. The first-order valence-electron chi connectivity index (χ1n) is 5.63. The summed E-state index contributed by atoms with van der Waals surface area (Å²) in [6.07, 6.45) is 7.72. The van der Waals surface area contributed by atoms with Gasteiger partial charge in [-0.1, -0.05) is 26.2 Å². The van der Waals surface area contributed by atoms with Gasteiger partial charge in [0.2, 0.25) is 0 Å². The van der Waals surface area contributed by atoms with E-state index < -0.39 is 0 Å². The summed E-state index contributed by atoms with van der Waals surface area (Å²) < 4.78 is 5.64. The van der Waals surface area contributed by atoms with Crippen LogP contribution in [0.4, 0.5) is 0 Å². The van der Waals surface area contributed by atoms with E-state index in [1.54, 1.807) is 0 Å². The quantitative estimate of drug-likeness (QED) is 0.563. The molecule has 0 heterocycles. The van der Waals surface area contributed by atoms with Crippen LogP contribution in [0.3, 0.4) is 0 Å². The smallest absolute Gasteiger partial charge is 0.0547 e. The van der Waals surface area contributed by atoms with Gasteiger partial charge in [0.05, 0.1) is 6.10 Å². The van der Waals surface area contributed by atoms with E-state index in [1.807, 2.05) is 0 Å². The molecule has 0 aromatic rings. The largest absolute Gasteiger partial charge is 0.379 e. The second-order valence-corrected chi connectivity index (χ2v) is 3.67. The third-order valence-electron chi connectivity index (χ3n) is 2.22. The molecule has 0 saturated carbocycles. The van der Waals surface area contributed by atoms with E-state index in [0.717, 1.165) is 26.0 Å². The van der Waals surface area contributed by atoms with E-state index in [9.17, 15) is 0 Å². The highest BCUT2D eigenvalue weighted by Gasteiger charge is 2.00. The lowest BCUT2D eigenvalue weighted by Gasteiger charge is -2.11. The minimum atomic E-state index is 0.394. The third kappa shape index (κ3) is 9.84. The van der Waals surface area contributed by atoms with Crippen LogP contribution >= 0.6 is 0 Å². The van der Waals surface area contributed by atoms with Gasteiger partial charge in [0.1, 0.15) is 0 Å². The van der Waals surface area contributed by atoms with Crippen molar-refractivity contribution in [2.24, 2.45) is 5.73 Å². The topological polar surface area (TPSA) is 35.2 Å². The molecule has 1 unspecified atom stereocenters. The second kappa shape index (κ2) is 10.0. The molecule has 0 rings (SSSR count). The van der Waals surface area contributed by atoms with E-state index in [2.05, 4.69) is 13.8 Å². The average molecular weight is 187 g/mol. The van der Waals surface area contributed by atoms with Crippen LogP contribution in [0.5, 0.6) is 0 Å². The highest BCUT2D eigenvalue weighted by molar-refractivity contribution is 4.51. The van der Waals surface area contributed by atoms with Gasteiger partial charge in [-0.05, 0) is 32.7 Å². The van der Waals surface area contributed by atoms with Gasteiger partial charge in [-0.25, -0.2) is 0 Å². The molecular formula is C11H25NO. The Morgan fingerprint density at radius 2 is 1.92 bits per heavy atom. The molecule has 2 heteroatoms. The van der Waals surface area contributed by atoms with Crippen molar-refractivity contribution in [1.29, 1.82) is 0 Å². The predicted octanol–water partition coefficient (Wildman–Crippen LogP) is 2.71. The van der Waals surface area contributed by atoms with Crippen molar-refractivity contribution in [3.05, 3.63) is 0 Å². The zero-order valence-electron chi connectivity index (χ0n) is 9.22. The molecular weight excluding hydrogens is 162 g/mol. The van der Waals surface area contributed by atoms with Crippen LogP contribution in [0.1, 0.15) is 52.4 Å². The van der Waals surface area contributed by atoms with E-state index >= 15 is 0 Å². The van der Waals surface area contributed by atoms with Gasteiger partial charge >= 0.3 is 0 Å². The fourth-order valence-corrected chi connectivity index (χ4v) is 1.30. The average Bonchev–Trinajstić information content (AvgIpc) is 2.14. The van der Waals surface area contributed by atoms with Gasteiger partial charge in [0.15, 0.2) is 0 Å². The van der Waals surface area contributed by atoms with Gasteiger partial charge in [-0.15, -0.1) is 0 Å². The van der Waals surface area contributed by atoms with Crippen LogP contribution in [0.25, 0.3) is 0 Å². The summed E-state index contributed by atoms with van der Waals surface area (Å²) >= 11 is 0. The molecule has 80 valence electrons. The van der Waals surface area contributed by atoms with Crippen molar-refractivity contribution in [3.8, 4) is 0 Å². The molecule has 2 nitrogen and oxygen atoms in total. The number of rotatable bonds is 9. The maximum absolute atomic E-state index is 5.64. The molecule has 0 aromatic heterocycles. The Hall–Kier alpha value is -0.0800. The van der Waals surface area contributed by atoms with Crippen LogP contribution in [0, 0.1) is 0 Å². The Labute approximate surface area is 82.8 Å². The number of ether oxygens (including phenoxy) is 1. The SMILES string of the molecule is CCCCCCOC(C)CCCN. The summed E-state index contributed by atoms with van der Waals surface area (Å²) in [5, 5.41) is 0. The minimum Gasteiger partial charge on any atom is -0.379 e. The second-order valence-electron chi connectivity index (χ2n) is 3.67. The van der Waals surface area contributed by atoms with Crippen molar-refractivity contribution in [3.63, 3.8) is 0 Å². The highest BCUT2D eigenvalue weighted by Crippen LogP contribution is 2.04. The molecule has 0 aliphatic rings. The molecule has 0 radical (unpaired) electrons. The van der Waals surface area contributed by atoms with E-state index in [-0.39, 0.29) is 0 Å². The highest BCUT2D eigenvalue weighted by atomic mass is 16.5. The molecule has 0 spiro atoms. The zero-order valence-corrected chi connectivity index (χ0v) is 9.22. The fraction of sp³-hybridized carbons (Fsp3) is 1.00. The standard InChI is InChI=1S/C11H25NO/c1-3-4-5-6-10-13-11(2)8-7-9-12/h11H,3-10,12H2,1-2H3. The van der Waals surface area contributed by atoms with Crippen molar-refractivity contribution < 1.29 is 4.74 Å². The molecule has 0 saturated heterocycles. The van der Waals surface area contributed by atoms with Crippen molar-refractivity contribution in [2.45, 2.75) is 58.5 Å². The van der Waals surface area contributed by atoms with Crippen molar-refractivity contribution in [2.75, 3.05) is 13.2 Å². The first-order valence-corrected chi connectivity index (χ1v) is 5.63. The molecule has 1 atom stereocenters. The van der Waals surface area contributed by atoms with Crippen LogP contribution in [0.2, 0.25) is 0 Å². The Morgan fingerprint density at radius 1 is 1.15 bits per heavy atom. The van der Waals surface area contributed by atoms with Crippen LogP contribution in [-0.4, -0.2) is 19.3 Å². The summed E-state index contributed by atoms with van der Waals surface area (Å²) in [6.45, 7) is 6.06. The van der Waals surface area contributed by atoms with Crippen LogP contribution in [-0.2, 0) is 4.74 Å². The summed E-state index contributed by atoms with van der Waals surface area (Å²) in [7, 11) is 0. The van der Waals surface area contributed by atoms with E-state index in [0.29, 0.717) is 6.10 Å². The Bertz CT molecular complexity index is 96.1. The zero-order chi connectivity index (χ0) is 9.94. The van der Waals surface area contributed by atoms with Gasteiger partial charge < -0.3 is 10.5 Å². The van der Waals surface area contributed by atoms with Gasteiger partial charge in [0, 0.05) is 6.61 Å². The third-order valence-corrected chi connectivity index (χ3v) is 2.22. The van der Waals surface area contributed by atoms with Gasteiger partial charge in [0.25, 0.3) is 0 Å². The Balaban J connectivity index is 3.03.